The molecule has 46 heavy (non-hydrogen) atoms. The minimum absolute atomic E-state index is 0.00426. The molecule has 0 radical (unpaired) electrons. The van der Waals surface area contributed by atoms with Gasteiger partial charge in [0.2, 0.25) is 11.8 Å². The molecule has 4 aromatic rings. The lowest BCUT2D eigenvalue weighted by Crippen LogP contribution is -2.31. The number of amides is 2. The summed E-state index contributed by atoms with van der Waals surface area (Å²) >= 11 is 1.66. The molecule has 1 aliphatic heterocycles. The highest BCUT2D eigenvalue weighted by atomic mass is 32.2. The van der Waals surface area contributed by atoms with E-state index >= 15 is 0 Å². The number of hydrogen-bond donors (Lipinski definition) is 4. The van der Waals surface area contributed by atoms with Gasteiger partial charge in [0.25, 0.3) is 0 Å². The van der Waals surface area contributed by atoms with Crippen molar-refractivity contribution in [3.63, 3.8) is 0 Å². The predicted octanol–water partition coefficient (Wildman–Crippen LogP) is 5.60. The van der Waals surface area contributed by atoms with E-state index in [2.05, 4.69) is 10.3 Å². The summed E-state index contributed by atoms with van der Waals surface area (Å²) in [5, 5.41) is 22.0. The number of aliphatic hydroxyl groups is 1. The van der Waals surface area contributed by atoms with Crippen molar-refractivity contribution >= 4 is 23.6 Å². The number of nitrogens with one attached hydrogen (secondary N) is 2. The van der Waals surface area contributed by atoms with E-state index in [0.29, 0.717) is 32.2 Å². The molecule has 242 valence electrons. The van der Waals surface area contributed by atoms with Gasteiger partial charge in [0, 0.05) is 56.6 Å². The normalized spacial score (nSPS) is 17.8. The van der Waals surface area contributed by atoms with Gasteiger partial charge in [-0.3, -0.25) is 14.8 Å². The molecule has 3 aromatic carbocycles. The third kappa shape index (κ3) is 9.05. The average molecular weight is 645 g/mol. The largest absolute Gasteiger partial charge is 0.392 e. The zero-order valence-electron chi connectivity index (χ0n) is 25.8. The summed E-state index contributed by atoms with van der Waals surface area (Å²) in [6, 6.07) is 24.0. The molecule has 0 unspecified atom stereocenters. The summed E-state index contributed by atoms with van der Waals surface area (Å²) in [6.45, 7) is 0.380. The highest BCUT2D eigenvalue weighted by molar-refractivity contribution is 7.99. The topological polar surface area (TPSA) is 135 Å². The Hall–Kier alpha value is -4.00. The first-order valence-corrected chi connectivity index (χ1v) is 16.4. The lowest BCUT2D eigenvalue weighted by molar-refractivity contribution is -0.245. The second-order valence-corrected chi connectivity index (χ2v) is 12.3. The van der Waals surface area contributed by atoms with Crippen LogP contribution in [0.25, 0.3) is 11.1 Å². The fraction of sp³-hybridized carbons (Fsp3) is 0.343. The van der Waals surface area contributed by atoms with Crippen molar-refractivity contribution in [2.24, 2.45) is 7.05 Å². The van der Waals surface area contributed by atoms with Crippen LogP contribution < -0.4 is 10.8 Å². The molecule has 5 rings (SSSR count). The van der Waals surface area contributed by atoms with E-state index < -0.39 is 12.2 Å². The van der Waals surface area contributed by atoms with Gasteiger partial charge in [0.1, 0.15) is 0 Å². The van der Waals surface area contributed by atoms with Crippen LogP contribution in [-0.4, -0.2) is 43.5 Å². The molecule has 2 amide bonds. The number of benzene rings is 3. The standard InChI is InChI=1S/C35H40N4O6S/c1-39-19-18-36-35(39)46-23-29-20-31(26-12-10-24(22-40)11-13-26)45-34(44-29)27-16-14-25(15-17-27)30-7-3-2-6-28(30)21-37-32(41)8-4-5-9-33(42)38-43/h2-3,6-7,10-19,29,31,34,40,43H,4-5,8-9,20-23H2,1H3,(H,37,41)(H,38,42)/t29-,31+,34+/m0/s1. The van der Waals surface area contributed by atoms with Gasteiger partial charge in [0.15, 0.2) is 11.4 Å². The maximum Gasteiger partial charge on any atom is 0.243 e. The van der Waals surface area contributed by atoms with E-state index in [9.17, 15) is 14.7 Å². The van der Waals surface area contributed by atoms with Crippen LogP contribution in [0.5, 0.6) is 0 Å². The van der Waals surface area contributed by atoms with Crippen LogP contribution in [0.15, 0.2) is 90.3 Å². The predicted molar refractivity (Wildman–Crippen MR) is 174 cm³/mol. The van der Waals surface area contributed by atoms with Gasteiger partial charge >= 0.3 is 0 Å². The zero-order chi connectivity index (χ0) is 32.3. The minimum Gasteiger partial charge on any atom is -0.392 e. The first-order chi connectivity index (χ1) is 22.4. The van der Waals surface area contributed by atoms with Crippen molar-refractivity contribution in [1.29, 1.82) is 0 Å². The maximum absolute atomic E-state index is 12.4. The minimum atomic E-state index is -0.560. The van der Waals surface area contributed by atoms with Crippen LogP contribution in [0.4, 0.5) is 0 Å². The van der Waals surface area contributed by atoms with Crippen LogP contribution in [0, 0.1) is 0 Å². The summed E-state index contributed by atoms with van der Waals surface area (Å²) in [5.74, 6) is 0.192. The molecule has 1 saturated heterocycles. The lowest BCUT2D eigenvalue weighted by atomic mass is 9.97. The number of thioether (sulfide) groups is 1. The fourth-order valence-corrected chi connectivity index (χ4v) is 6.32. The van der Waals surface area contributed by atoms with Gasteiger partial charge in [-0.15, -0.1) is 0 Å². The Balaban J connectivity index is 1.26. The van der Waals surface area contributed by atoms with Crippen LogP contribution in [0.2, 0.25) is 0 Å². The molecular weight excluding hydrogens is 604 g/mol. The van der Waals surface area contributed by atoms with Crippen molar-refractivity contribution < 1.29 is 29.4 Å². The number of unbranched alkanes of at least 4 members (excludes halogenated alkanes) is 1. The smallest absolute Gasteiger partial charge is 0.243 e. The number of hydroxylamine groups is 1. The quantitative estimate of drug-likeness (QED) is 0.0603. The Morgan fingerprint density at radius 1 is 0.957 bits per heavy atom. The zero-order valence-corrected chi connectivity index (χ0v) is 26.6. The van der Waals surface area contributed by atoms with Gasteiger partial charge < -0.3 is 24.5 Å². The molecule has 0 spiro atoms. The second-order valence-electron chi connectivity index (χ2n) is 11.3. The van der Waals surface area contributed by atoms with Gasteiger partial charge in [-0.05, 0) is 40.7 Å². The number of aliphatic hydroxyl groups excluding tert-OH is 1. The molecule has 0 aliphatic carbocycles. The van der Waals surface area contributed by atoms with E-state index in [1.807, 2.05) is 90.6 Å². The highest BCUT2D eigenvalue weighted by Gasteiger charge is 2.32. The SMILES string of the molecule is Cn1ccnc1SC[C@@H]1C[C@H](c2ccc(CO)cc2)O[C@H](c2ccc(-c3ccccc3CNC(=O)CCCCC(=O)NO)cc2)O1. The van der Waals surface area contributed by atoms with E-state index in [0.717, 1.165) is 44.3 Å². The number of hydrogen-bond acceptors (Lipinski definition) is 8. The van der Waals surface area contributed by atoms with Crippen LogP contribution in [0.3, 0.4) is 0 Å². The number of ether oxygens (including phenoxy) is 2. The van der Waals surface area contributed by atoms with Crippen molar-refractivity contribution in [1.82, 2.24) is 20.3 Å². The molecular formula is C35H40N4O6S. The third-order valence-corrected chi connectivity index (χ3v) is 9.15. The lowest BCUT2D eigenvalue weighted by Gasteiger charge is -2.36. The molecule has 11 heteroatoms. The Morgan fingerprint density at radius 3 is 2.37 bits per heavy atom. The number of carbonyl (C=O) groups is 2. The maximum atomic E-state index is 12.4. The van der Waals surface area contributed by atoms with Crippen molar-refractivity contribution in [2.45, 2.75) is 68.9 Å². The first-order valence-electron chi connectivity index (χ1n) is 15.4. The van der Waals surface area contributed by atoms with Crippen LogP contribution >= 0.6 is 11.8 Å². The number of aryl methyl sites for hydroxylation is 1. The summed E-state index contributed by atoms with van der Waals surface area (Å²) in [6.07, 6.45) is 5.20. The first kappa shape index (κ1) is 33.4. The van der Waals surface area contributed by atoms with Crippen molar-refractivity contribution in [3.8, 4) is 11.1 Å². The Kier molecular flexibility index (Phi) is 12.0. The Labute approximate surface area is 273 Å². The van der Waals surface area contributed by atoms with Crippen LogP contribution in [-0.2, 0) is 39.3 Å². The second kappa shape index (κ2) is 16.5. The molecule has 4 N–H and O–H groups in total. The number of aromatic nitrogens is 2. The molecule has 1 aromatic heterocycles. The van der Waals surface area contributed by atoms with E-state index in [1.54, 1.807) is 23.4 Å². The summed E-state index contributed by atoms with van der Waals surface area (Å²) in [4.78, 5) is 28.0. The van der Waals surface area contributed by atoms with Gasteiger partial charge in [-0.25, -0.2) is 10.5 Å². The summed E-state index contributed by atoms with van der Waals surface area (Å²) in [7, 11) is 1.98. The molecule has 0 bridgehead atoms. The number of imidazole rings is 1. The summed E-state index contributed by atoms with van der Waals surface area (Å²) < 4.78 is 15.0. The molecule has 0 saturated carbocycles. The molecule has 1 aliphatic rings. The monoisotopic (exact) mass is 644 g/mol. The van der Waals surface area contributed by atoms with E-state index in [-0.39, 0.29) is 31.1 Å². The number of rotatable bonds is 14. The van der Waals surface area contributed by atoms with Crippen molar-refractivity contribution in [2.75, 3.05) is 5.75 Å². The molecule has 2 heterocycles. The van der Waals surface area contributed by atoms with Crippen LogP contribution in [0.1, 0.15) is 66.8 Å². The van der Waals surface area contributed by atoms with Gasteiger partial charge in [-0.2, -0.15) is 0 Å². The summed E-state index contributed by atoms with van der Waals surface area (Å²) in [5.41, 5.74) is 7.44. The Morgan fingerprint density at radius 2 is 1.67 bits per heavy atom. The molecule has 10 nitrogen and oxygen atoms in total. The van der Waals surface area contributed by atoms with E-state index in [1.165, 1.54) is 0 Å². The average Bonchev–Trinajstić information content (AvgIpc) is 3.52. The Bertz CT molecular complexity index is 1580. The fourth-order valence-electron chi connectivity index (χ4n) is 5.37. The van der Waals surface area contributed by atoms with Crippen molar-refractivity contribution in [3.05, 3.63) is 107 Å². The molecule has 1 fully saturated rings. The van der Waals surface area contributed by atoms with Gasteiger partial charge in [-0.1, -0.05) is 84.6 Å². The number of nitrogens with zero attached hydrogens (tertiary/aromatic N) is 2. The third-order valence-electron chi connectivity index (χ3n) is 7.96. The van der Waals surface area contributed by atoms with E-state index in [4.69, 9.17) is 14.7 Å². The molecule has 3 atom stereocenters. The highest BCUT2D eigenvalue weighted by Crippen LogP contribution is 2.40. The number of carbonyl (C=O) groups excluding carboxylic acids is 2. The van der Waals surface area contributed by atoms with Gasteiger partial charge in [0.05, 0.1) is 18.8 Å².